The fraction of sp³-hybridized carbons (Fsp3) is 0.222. The van der Waals surface area contributed by atoms with Crippen LogP contribution in [0.4, 0.5) is 5.69 Å². The van der Waals surface area contributed by atoms with Crippen LogP contribution >= 0.6 is 0 Å². The summed E-state index contributed by atoms with van der Waals surface area (Å²) in [6.07, 6.45) is 1.61. The summed E-state index contributed by atoms with van der Waals surface area (Å²) in [6.45, 7) is 1.46. The van der Waals surface area contributed by atoms with Crippen LogP contribution in [-0.2, 0) is 27.8 Å². The van der Waals surface area contributed by atoms with Gasteiger partial charge in [0.15, 0.2) is 6.04 Å². The van der Waals surface area contributed by atoms with Crippen molar-refractivity contribution in [3.8, 4) is 5.75 Å². The molecule has 46 heavy (non-hydrogen) atoms. The number of fused-ring (bicyclic) bond motifs is 1. The molecule has 1 fully saturated rings. The Hall–Kier alpha value is -4.79. The minimum Gasteiger partial charge on any atom is -0.861 e. The Labute approximate surface area is 277 Å². The third kappa shape index (κ3) is 6.88. The Morgan fingerprint density at radius 2 is 1.72 bits per heavy atom. The van der Waals surface area contributed by atoms with Gasteiger partial charge in [-0.1, -0.05) is 84.9 Å². The summed E-state index contributed by atoms with van der Waals surface area (Å²) in [6, 6.07) is 28.4. The Balaban J connectivity index is 0.00000417. The molecule has 2 heterocycles. The van der Waals surface area contributed by atoms with Gasteiger partial charge in [-0.15, -0.1) is 0 Å². The SMILES string of the molecule is COc1ccc2c(c1)C([O-])=NC2C(N=C(c1ccccc1)c1ccccc1N=C([O-])C1CCCN1Cc1ccccc1)C(=O)O.[Ni+2]. The number of para-hydroxylation sites is 1. The molecule has 6 rings (SSSR count). The van der Waals surface area contributed by atoms with E-state index in [0.717, 1.165) is 18.5 Å². The Morgan fingerprint density at radius 3 is 2.43 bits per heavy atom. The first-order chi connectivity index (χ1) is 21.9. The molecule has 0 aromatic heterocycles. The molecule has 236 valence electrons. The van der Waals surface area contributed by atoms with Crippen molar-refractivity contribution < 1.29 is 41.3 Å². The number of aliphatic carboxylic acids is 1. The maximum Gasteiger partial charge on any atom is 2.00 e. The maximum absolute atomic E-state index is 13.7. The zero-order valence-electron chi connectivity index (χ0n) is 25.1. The number of hydrogen-bond acceptors (Lipinski definition) is 8. The van der Waals surface area contributed by atoms with Crippen molar-refractivity contribution in [2.45, 2.75) is 37.5 Å². The number of aliphatic imine (C=N–C) groups is 3. The minimum absolute atomic E-state index is 0. The predicted molar refractivity (Wildman–Crippen MR) is 169 cm³/mol. The zero-order chi connectivity index (χ0) is 31.3. The van der Waals surface area contributed by atoms with Crippen molar-refractivity contribution >= 4 is 29.2 Å². The second-order valence-electron chi connectivity index (χ2n) is 11.0. The Bertz CT molecular complexity index is 1780. The monoisotopic (exact) mass is 658 g/mol. The summed E-state index contributed by atoms with van der Waals surface area (Å²) < 4.78 is 5.25. The van der Waals surface area contributed by atoms with E-state index in [2.05, 4.69) is 14.9 Å². The number of methoxy groups -OCH3 is 1. The molecule has 1 saturated heterocycles. The molecule has 4 aromatic rings. The summed E-state index contributed by atoms with van der Waals surface area (Å²) in [5, 5.41) is 36.9. The van der Waals surface area contributed by atoms with Gasteiger partial charge in [-0.25, -0.2) is 4.79 Å². The summed E-state index contributed by atoms with van der Waals surface area (Å²) >= 11 is 0. The average Bonchev–Trinajstić information content (AvgIpc) is 3.66. The predicted octanol–water partition coefficient (Wildman–Crippen LogP) is 3.90. The van der Waals surface area contributed by atoms with E-state index in [1.165, 1.54) is 7.11 Å². The van der Waals surface area contributed by atoms with Gasteiger partial charge in [0.05, 0.1) is 18.5 Å². The van der Waals surface area contributed by atoms with E-state index < -0.39 is 24.0 Å². The van der Waals surface area contributed by atoms with E-state index in [1.54, 1.807) is 42.5 Å². The van der Waals surface area contributed by atoms with Crippen molar-refractivity contribution in [1.29, 1.82) is 0 Å². The molecule has 0 radical (unpaired) electrons. The van der Waals surface area contributed by atoms with Crippen LogP contribution in [0.5, 0.6) is 5.75 Å². The average molecular weight is 659 g/mol. The molecule has 2 aliphatic heterocycles. The molecular weight excluding hydrogens is 627 g/mol. The van der Waals surface area contributed by atoms with Crippen LogP contribution in [0.15, 0.2) is 118 Å². The number of rotatable bonds is 10. The van der Waals surface area contributed by atoms with Crippen LogP contribution in [0.2, 0.25) is 0 Å². The van der Waals surface area contributed by atoms with Crippen LogP contribution < -0.4 is 14.9 Å². The largest absolute Gasteiger partial charge is 2.00 e. The molecule has 0 saturated carbocycles. The molecule has 0 aliphatic carbocycles. The number of carboxylic acid groups (broad SMARTS) is 1. The fourth-order valence-corrected chi connectivity index (χ4v) is 5.98. The number of carboxylic acids is 1. The third-order valence-electron chi connectivity index (χ3n) is 8.20. The van der Waals surface area contributed by atoms with Gasteiger partial charge in [-0.2, -0.15) is 0 Å². The number of benzene rings is 4. The standard InChI is InChI=1S/C36H34N4O5.Ni/c1-45-25-18-19-26-28(21-25)34(41)39-32(26)33(36(43)44)38-31(24-13-6-3-7-14-24)27-15-8-9-16-29(27)37-35(42)30-17-10-20-40(30)22-23-11-4-2-5-12-23;/h2-9,11-16,18-19,21,30,32-33H,10,17,20,22H2,1H3,(H,37,42)(H,39,41)(H,43,44);/q;+2/p-2. The van der Waals surface area contributed by atoms with Gasteiger partial charge in [0, 0.05) is 23.7 Å². The number of carbonyl (C=O) groups is 1. The maximum atomic E-state index is 13.7. The summed E-state index contributed by atoms with van der Waals surface area (Å²) in [5.74, 6) is -1.53. The molecule has 10 heteroatoms. The van der Waals surface area contributed by atoms with Gasteiger partial charge in [-0.05, 0) is 66.1 Å². The molecule has 0 bridgehead atoms. The van der Waals surface area contributed by atoms with Crippen molar-refractivity contribution in [2.24, 2.45) is 15.0 Å². The van der Waals surface area contributed by atoms with Gasteiger partial charge >= 0.3 is 22.5 Å². The van der Waals surface area contributed by atoms with Gasteiger partial charge < -0.3 is 20.1 Å². The van der Waals surface area contributed by atoms with E-state index in [-0.39, 0.29) is 28.4 Å². The van der Waals surface area contributed by atoms with Crippen LogP contribution in [0.25, 0.3) is 0 Å². The Morgan fingerprint density at radius 1 is 1.02 bits per heavy atom. The molecular formula is C36H32N4NiO5. The van der Waals surface area contributed by atoms with Crippen molar-refractivity contribution in [1.82, 2.24) is 4.90 Å². The van der Waals surface area contributed by atoms with Gasteiger partial charge in [0.2, 0.25) is 0 Å². The number of ether oxygens (including phenoxy) is 1. The molecule has 4 aromatic carbocycles. The van der Waals surface area contributed by atoms with E-state index in [0.29, 0.717) is 52.4 Å². The first kappa shape index (κ1) is 32.6. The van der Waals surface area contributed by atoms with E-state index >= 15 is 0 Å². The summed E-state index contributed by atoms with van der Waals surface area (Å²) in [5.41, 5.74) is 3.78. The van der Waals surface area contributed by atoms with Crippen LogP contribution in [-0.4, -0.2) is 59.2 Å². The van der Waals surface area contributed by atoms with E-state index in [9.17, 15) is 20.1 Å². The topological polar surface area (TPSA) is 133 Å². The molecule has 0 spiro atoms. The van der Waals surface area contributed by atoms with Crippen LogP contribution in [0.3, 0.4) is 0 Å². The van der Waals surface area contributed by atoms with Crippen LogP contribution in [0.1, 0.15) is 46.7 Å². The molecule has 3 atom stereocenters. The molecule has 9 nitrogen and oxygen atoms in total. The number of hydrogen-bond donors (Lipinski definition) is 1. The van der Waals surface area contributed by atoms with Crippen molar-refractivity contribution in [3.63, 3.8) is 0 Å². The summed E-state index contributed by atoms with van der Waals surface area (Å²) in [4.78, 5) is 28.5. The van der Waals surface area contributed by atoms with Crippen LogP contribution in [0, 0.1) is 0 Å². The Kier molecular flexibility index (Phi) is 10.3. The second-order valence-corrected chi connectivity index (χ2v) is 11.0. The van der Waals surface area contributed by atoms with Gasteiger partial charge in [0.1, 0.15) is 11.8 Å². The molecule has 2 aliphatic rings. The fourth-order valence-electron chi connectivity index (χ4n) is 5.98. The van der Waals surface area contributed by atoms with Crippen molar-refractivity contribution in [3.05, 3.63) is 131 Å². The normalized spacial score (nSPS) is 18.8. The quantitative estimate of drug-likeness (QED) is 0.156. The number of nitrogens with zero attached hydrogens (tertiary/aromatic N) is 4. The molecule has 3 unspecified atom stereocenters. The van der Waals surface area contributed by atoms with Crippen molar-refractivity contribution in [2.75, 3.05) is 13.7 Å². The summed E-state index contributed by atoms with van der Waals surface area (Å²) in [7, 11) is 1.49. The molecule has 1 N–H and O–H groups in total. The smallest absolute Gasteiger partial charge is 0.861 e. The van der Waals surface area contributed by atoms with E-state index in [1.807, 2.05) is 60.7 Å². The van der Waals surface area contributed by atoms with E-state index in [4.69, 9.17) is 9.73 Å². The third-order valence-corrected chi connectivity index (χ3v) is 8.20. The first-order valence-electron chi connectivity index (χ1n) is 14.8. The second kappa shape index (κ2) is 14.5. The minimum atomic E-state index is -1.42. The van der Waals surface area contributed by atoms with Gasteiger partial charge in [-0.3, -0.25) is 19.9 Å². The number of likely N-dealkylation sites (tertiary alicyclic amines) is 1. The van der Waals surface area contributed by atoms with Gasteiger partial charge in [0.25, 0.3) is 0 Å². The zero-order valence-corrected chi connectivity index (χ0v) is 26.0. The molecule has 0 amide bonds. The first-order valence-corrected chi connectivity index (χ1v) is 14.8.